The van der Waals surface area contributed by atoms with E-state index in [1.807, 2.05) is 6.07 Å². The fraction of sp³-hybridized carbons (Fsp3) is 0.353. The van der Waals surface area contributed by atoms with Gasteiger partial charge >= 0.3 is 0 Å². The average Bonchev–Trinajstić information content (AvgIpc) is 3.23. The van der Waals surface area contributed by atoms with E-state index in [9.17, 15) is 4.79 Å². The van der Waals surface area contributed by atoms with Crippen molar-refractivity contribution in [1.82, 2.24) is 5.32 Å². The van der Waals surface area contributed by atoms with Gasteiger partial charge in [0, 0.05) is 13.5 Å². The third kappa shape index (κ3) is 3.10. The van der Waals surface area contributed by atoms with Crippen molar-refractivity contribution in [3.05, 3.63) is 42.0 Å². The van der Waals surface area contributed by atoms with E-state index in [0.717, 1.165) is 12.2 Å². The Morgan fingerprint density at radius 1 is 1.30 bits per heavy atom. The first-order valence-electron chi connectivity index (χ1n) is 7.15. The lowest BCUT2D eigenvalue weighted by Crippen LogP contribution is -2.22. The van der Waals surface area contributed by atoms with Crippen molar-refractivity contribution in [2.24, 2.45) is 0 Å². The van der Waals surface area contributed by atoms with Crippen LogP contribution in [0.1, 0.15) is 25.3 Å². The van der Waals surface area contributed by atoms with Gasteiger partial charge < -0.3 is 10.1 Å². The first-order chi connectivity index (χ1) is 9.72. The number of hydrogen-bond donors (Lipinski definition) is 1. The average molecular weight is 269 g/mol. The van der Waals surface area contributed by atoms with Crippen LogP contribution in [0.2, 0.25) is 0 Å². The van der Waals surface area contributed by atoms with Crippen LogP contribution < -0.4 is 10.1 Å². The molecule has 0 atom stereocenters. The van der Waals surface area contributed by atoms with Crippen molar-refractivity contribution >= 4 is 16.7 Å². The predicted molar refractivity (Wildman–Crippen MR) is 80.0 cm³/mol. The van der Waals surface area contributed by atoms with Crippen LogP contribution in [0, 0.1) is 0 Å². The Hall–Kier alpha value is -2.03. The quantitative estimate of drug-likeness (QED) is 0.906. The Balaban J connectivity index is 1.83. The van der Waals surface area contributed by atoms with E-state index in [2.05, 4.69) is 35.6 Å². The summed E-state index contributed by atoms with van der Waals surface area (Å²) in [4.78, 5) is 10.9. The van der Waals surface area contributed by atoms with Crippen LogP contribution >= 0.6 is 0 Å². The van der Waals surface area contributed by atoms with Crippen molar-refractivity contribution in [2.45, 2.75) is 32.3 Å². The molecule has 3 nitrogen and oxygen atoms in total. The van der Waals surface area contributed by atoms with E-state index in [4.69, 9.17) is 4.74 Å². The Kier molecular flexibility index (Phi) is 3.59. The highest BCUT2D eigenvalue weighted by molar-refractivity contribution is 5.87. The number of benzene rings is 2. The smallest absolute Gasteiger partial charge is 0.216 e. The number of carbonyl (C=O) groups is 1. The molecule has 20 heavy (non-hydrogen) atoms. The van der Waals surface area contributed by atoms with Gasteiger partial charge in [0.2, 0.25) is 5.91 Å². The summed E-state index contributed by atoms with van der Waals surface area (Å²) in [6.07, 6.45) is 3.59. The molecule has 1 fully saturated rings. The van der Waals surface area contributed by atoms with Gasteiger partial charge in [-0.15, -0.1) is 0 Å². The summed E-state index contributed by atoms with van der Waals surface area (Å²) >= 11 is 0. The molecule has 1 aliphatic carbocycles. The van der Waals surface area contributed by atoms with Crippen LogP contribution in [-0.4, -0.2) is 18.6 Å². The Morgan fingerprint density at radius 3 is 2.90 bits per heavy atom. The van der Waals surface area contributed by atoms with Crippen molar-refractivity contribution in [1.29, 1.82) is 0 Å². The number of amides is 1. The molecule has 104 valence electrons. The summed E-state index contributed by atoms with van der Waals surface area (Å²) in [6.45, 7) is 2.22. The molecule has 0 aromatic heterocycles. The highest BCUT2D eigenvalue weighted by Gasteiger charge is 2.23. The van der Waals surface area contributed by atoms with Crippen molar-refractivity contribution in [2.75, 3.05) is 6.54 Å². The summed E-state index contributed by atoms with van der Waals surface area (Å²) in [7, 11) is 0. The lowest BCUT2D eigenvalue weighted by Gasteiger charge is -2.10. The minimum absolute atomic E-state index is 0.0167. The maximum Gasteiger partial charge on any atom is 0.216 e. The monoisotopic (exact) mass is 269 g/mol. The fourth-order valence-corrected chi connectivity index (χ4v) is 2.36. The lowest BCUT2D eigenvalue weighted by atomic mass is 10.0. The second-order valence-electron chi connectivity index (χ2n) is 5.35. The molecule has 1 saturated carbocycles. The highest BCUT2D eigenvalue weighted by atomic mass is 16.5. The molecule has 0 aliphatic heterocycles. The summed E-state index contributed by atoms with van der Waals surface area (Å²) in [5.74, 6) is 0.968. The topological polar surface area (TPSA) is 38.3 Å². The normalized spacial score (nSPS) is 14.2. The second-order valence-corrected chi connectivity index (χ2v) is 5.35. The minimum atomic E-state index is 0.0167. The van der Waals surface area contributed by atoms with Gasteiger partial charge in [-0.05, 0) is 47.7 Å². The minimum Gasteiger partial charge on any atom is -0.490 e. The van der Waals surface area contributed by atoms with Crippen molar-refractivity contribution < 1.29 is 9.53 Å². The summed E-state index contributed by atoms with van der Waals surface area (Å²) in [5, 5.41) is 5.28. The SMILES string of the molecule is CC(=O)NCCc1cccc2ccc(OC3CC3)cc12. The van der Waals surface area contributed by atoms with Gasteiger partial charge in [0.1, 0.15) is 5.75 Å². The molecule has 2 aromatic carbocycles. The lowest BCUT2D eigenvalue weighted by molar-refractivity contribution is -0.118. The van der Waals surface area contributed by atoms with Crippen LogP contribution in [0.3, 0.4) is 0 Å². The van der Waals surface area contributed by atoms with Crippen molar-refractivity contribution in [3.63, 3.8) is 0 Å². The molecule has 0 unspecified atom stereocenters. The second kappa shape index (κ2) is 5.53. The molecular formula is C17H19NO2. The highest BCUT2D eigenvalue weighted by Crippen LogP contribution is 2.30. The first kappa shape index (κ1) is 13.0. The van der Waals surface area contributed by atoms with Crippen LogP contribution in [-0.2, 0) is 11.2 Å². The van der Waals surface area contributed by atoms with Crippen LogP contribution in [0.4, 0.5) is 0 Å². The van der Waals surface area contributed by atoms with E-state index >= 15 is 0 Å². The molecule has 0 heterocycles. The fourth-order valence-electron chi connectivity index (χ4n) is 2.36. The van der Waals surface area contributed by atoms with E-state index in [-0.39, 0.29) is 5.91 Å². The standard InChI is InChI=1S/C17H19NO2/c1-12(19)18-10-9-14-4-2-3-13-5-6-16(11-17(13)14)20-15-7-8-15/h2-6,11,15H,7-10H2,1H3,(H,18,19). The van der Waals surface area contributed by atoms with Crippen LogP contribution in [0.25, 0.3) is 10.8 Å². The third-order valence-corrected chi connectivity index (χ3v) is 3.54. The first-order valence-corrected chi connectivity index (χ1v) is 7.15. The van der Waals surface area contributed by atoms with E-state index in [1.54, 1.807) is 6.92 Å². The van der Waals surface area contributed by atoms with E-state index < -0.39 is 0 Å². The molecule has 2 aromatic rings. The van der Waals surface area contributed by atoms with Crippen LogP contribution in [0.5, 0.6) is 5.75 Å². The molecule has 0 radical (unpaired) electrons. The Bertz CT molecular complexity index is 632. The van der Waals surface area contributed by atoms with Gasteiger partial charge in [0.15, 0.2) is 0 Å². The maximum atomic E-state index is 10.9. The van der Waals surface area contributed by atoms with E-state index in [0.29, 0.717) is 12.6 Å². The van der Waals surface area contributed by atoms with Gasteiger partial charge in [0.05, 0.1) is 6.10 Å². The molecule has 3 heteroatoms. The predicted octanol–water partition coefficient (Wildman–Crippen LogP) is 3.06. The summed E-state index contributed by atoms with van der Waals surface area (Å²) in [5.41, 5.74) is 1.25. The number of nitrogens with one attached hydrogen (secondary N) is 1. The maximum absolute atomic E-state index is 10.9. The number of hydrogen-bond acceptors (Lipinski definition) is 2. The number of carbonyl (C=O) groups excluding carboxylic acids is 1. The zero-order chi connectivity index (χ0) is 13.9. The third-order valence-electron chi connectivity index (χ3n) is 3.54. The number of fused-ring (bicyclic) bond motifs is 1. The van der Waals surface area contributed by atoms with E-state index in [1.165, 1.54) is 29.2 Å². The molecule has 0 bridgehead atoms. The van der Waals surface area contributed by atoms with Gasteiger partial charge in [0.25, 0.3) is 0 Å². The molecule has 1 N–H and O–H groups in total. The van der Waals surface area contributed by atoms with Gasteiger partial charge in [-0.25, -0.2) is 0 Å². The molecule has 0 saturated heterocycles. The van der Waals surface area contributed by atoms with Crippen LogP contribution in [0.15, 0.2) is 36.4 Å². The number of ether oxygens (including phenoxy) is 1. The largest absolute Gasteiger partial charge is 0.490 e. The molecular weight excluding hydrogens is 250 g/mol. The number of rotatable bonds is 5. The molecule has 3 rings (SSSR count). The zero-order valence-electron chi connectivity index (χ0n) is 11.7. The zero-order valence-corrected chi connectivity index (χ0v) is 11.7. The van der Waals surface area contributed by atoms with Gasteiger partial charge in [-0.3, -0.25) is 4.79 Å². The molecule has 1 aliphatic rings. The Labute approximate surface area is 118 Å². The Morgan fingerprint density at radius 2 is 2.15 bits per heavy atom. The van der Waals surface area contributed by atoms with Gasteiger partial charge in [-0.1, -0.05) is 24.3 Å². The summed E-state index contributed by atoms with van der Waals surface area (Å²) in [6, 6.07) is 12.6. The summed E-state index contributed by atoms with van der Waals surface area (Å²) < 4.78 is 5.86. The van der Waals surface area contributed by atoms with Gasteiger partial charge in [-0.2, -0.15) is 0 Å². The molecule has 0 spiro atoms. The molecule has 1 amide bonds. The van der Waals surface area contributed by atoms with Crippen molar-refractivity contribution in [3.8, 4) is 5.75 Å².